The van der Waals surface area contributed by atoms with Gasteiger partial charge in [0.1, 0.15) is 6.67 Å². The molecule has 0 aromatic carbocycles. The van der Waals surface area contributed by atoms with Gasteiger partial charge in [-0.25, -0.2) is 4.90 Å². The van der Waals surface area contributed by atoms with Gasteiger partial charge in [0.25, 0.3) is 0 Å². The molecule has 146 valence electrons. The summed E-state index contributed by atoms with van der Waals surface area (Å²) in [6.07, 6.45) is 6.15. The molecule has 3 rings (SSSR count). The Kier molecular flexibility index (Phi) is 8.31. The maximum absolute atomic E-state index is 6.69. The van der Waals surface area contributed by atoms with E-state index in [2.05, 4.69) is 10.2 Å². The van der Waals surface area contributed by atoms with Gasteiger partial charge in [-0.15, -0.1) is 46.4 Å². The zero-order valence-electron chi connectivity index (χ0n) is 14.8. The first kappa shape index (κ1) is 20.8. The fourth-order valence-electron chi connectivity index (χ4n) is 4.45. The molecule has 2 N–H and O–H groups in total. The van der Waals surface area contributed by atoms with Crippen LogP contribution in [0.2, 0.25) is 0 Å². The first-order chi connectivity index (χ1) is 12.0. The number of alkyl halides is 4. The lowest BCUT2D eigenvalue weighted by atomic mass is 9.83. The largest absolute Gasteiger partial charge is 0.376 e. The van der Waals surface area contributed by atoms with E-state index in [4.69, 9.17) is 51.1 Å². The number of hydrogen-bond donors (Lipinski definition) is 1. The topological polar surface area (TPSA) is 29.1 Å². The maximum Gasteiger partial charge on any atom is 0.132 e. The Morgan fingerprint density at radius 1 is 0.960 bits per heavy atom. The number of nitrogens with zero attached hydrogens (tertiary/aromatic N) is 1. The lowest BCUT2D eigenvalue weighted by Crippen LogP contribution is -2.82. The third-order valence-corrected chi connectivity index (χ3v) is 7.91. The van der Waals surface area contributed by atoms with E-state index in [-0.39, 0.29) is 27.6 Å². The molecule has 2 saturated carbocycles. The molecule has 7 heteroatoms. The number of rotatable bonds is 6. The van der Waals surface area contributed by atoms with E-state index in [9.17, 15) is 0 Å². The van der Waals surface area contributed by atoms with Crippen LogP contribution >= 0.6 is 46.4 Å². The molecular weight excluding hydrogens is 402 g/mol. The predicted octanol–water partition coefficient (Wildman–Crippen LogP) is 3.24. The zero-order valence-corrected chi connectivity index (χ0v) is 17.8. The molecule has 0 amide bonds. The second-order valence-electron chi connectivity index (χ2n) is 7.99. The van der Waals surface area contributed by atoms with E-state index in [1.165, 1.54) is 6.54 Å². The Balaban J connectivity index is 1.57. The Morgan fingerprint density at radius 3 is 2.32 bits per heavy atom. The summed E-state index contributed by atoms with van der Waals surface area (Å²) in [5.74, 6) is 0.790. The number of halogens is 4. The van der Waals surface area contributed by atoms with Crippen molar-refractivity contribution in [3.05, 3.63) is 0 Å². The Hall–Kier alpha value is 1.04. The van der Waals surface area contributed by atoms with Crippen LogP contribution < -0.4 is 5.32 Å². The molecule has 0 aromatic heterocycles. The molecule has 7 unspecified atom stereocenters. The number of nitrogens with two attached hydrogens (primary N) is 1. The molecule has 3 aliphatic rings. The molecule has 3 nitrogen and oxygen atoms in total. The average molecular weight is 433 g/mol. The molecule has 7 atom stereocenters. The van der Waals surface area contributed by atoms with Crippen molar-refractivity contribution in [2.75, 3.05) is 32.9 Å². The summed E-state index contributed by atoms with van der Waals surface area (Å²) in [6.45, 7) is 5.06. The predicted molar refractivity (Wildman–Crippen MR) is 106 cm³/mol. The molecule has 1 saturated heterocycles. The molecule has 0 radical (unpaired) electrons. The van der Waals surface area contributed by atoms with Crippen LogP contribution in [-0.4, -0.2) is 65.4 Å². The molecule has 0 aromatic rings. The Morgan fingerprint density at radius 2 is 1.68 bits per heavy atom. The molecule has 25 heavy (non-hydrogen) atoms. The van der Waals surface area contributed by atoms with Gasteiger partial charge < -0.3 is 10.1 Å². The first-order valence-electron chi connectivity index (χ1n) is 9.74. The minimum atomic E-state index is 0.109. The van der Waals surface area contributed by atoms with Crippen LogP contribution in [0.25, 0.3) is 0 Å². The Bertz CT molecular complexity index is 411. The van der Waals surface area contributed by atoms with E-state index in [1.54, 1.807) is 0 Å². The highest BCUT2D eigenvalue weighted by atomic mass is 35.5. The van der Waals surface area contributed by atoms with Gasteiger partial charge in [0.15, 0.2) is 0 Å². The average Bonchev–Trinajstić information content (AvgIpc) is 3.06. The summed E-state index contributed by atoms with van der Waals surface area (Å²) < 4.78 is 6.48. The van der Waals surface area contributed by atoms with Crippen molar-refractivity contribution in [1.29, 1.82) is 0 Å². The second kappa shape index (κ2) is 10.0. The third-order valence-electron chi connectivity index (χ3n) is 6.08. The minimum absolute atomic E-state index is 0.109. The van der Waals surface area contributed by atoms with Gasteiger partial charge in [-0.1, -0.05) is 0 Å². The standard InChI is InChI=1S/C18H30Cl4N2O/c19-13-2-1-12(16(21)7-13)10-25-18(9-24-6-5-23-11-24)15-4-3-14(20)8-17(15)22/h12-18,23H,1-11H2/p+1. The minimum Gasteiger partial charge on any atom is -0.376 e. The van der Waals surface area contributed by atoms with E-state index >= 15 is 0 Å². The summed E-state index contributed by atoms with van der Waals surface area (Å²) in [5, 5.41) is 3.02. The monoisotopic (exact) mass is 431 g/mol. The van der Waals surface area contributed by atoms with Crippen molar-refractivity contribution >= 4 is 46.4 Å². The normalized spacial score (nSPS) is 41.8. The highest BCUT2D eigenvalue weighted by molar-refractivity contribution is 6.24. The molecule has 3 fully saturated rings. The fourth-order valence-corrected chi connectivity index (χ4v) is 6.18. The van der Waals surface area contributed by atoms with E-state index < -0.39 is 0 Å². The van der Waals surface area contributed by atoms with E-state index in [0.717, 1.165) is 64.9 Å². The van der Waals surface area contributed by atoms with Crippen LogP contribution in [0.3, 0.4) is 0 Å². The number of quaternary nitrogens is 1. The van der Waals surface area contributed by atoms with Gasteiger partial charge in [-0.3, -0.25) is 0 Å². The van der Waals surface area contributed by atoms with E-state index in [1.807, 2.05) is 0 Å². The molecule has 0 bridgehead atoms. The maximum atomic E-state index is 6.69. The number of ether oxygens (including phenoxy) is 1. The van der Waals surface area contributed by atoms with Crippen LogP contribution in [-0.2, 0) is 4.74 Å². The summed E-state index contributed by atoms with van der Waals surface area (Å²) in [7, 11) is 0. The quantitative estimate of drug-likeness (QED) is 0.652. The fraction of sp³-hybridized carbons (Fsp3) is 1.00. The van der Waals surface area contributed by atoms with Gasteiger partial charge in [-0.2, -0.15) is 0 Å². The van der Waals surface area contributed by atoms with Gasteiger partial charge in [0.2, 0.25) is 0 Å². The van der Waals surface area contributed by atoms with Gasteiger partial charge in [-0.05, 0) is 44.4 Å². The van der Waals surface area contributed by atoms with Crippen LogP contribution in [0.1, 0.15) is 38.5 Å². The van der Waals surface area contributed by atoms with Crippen molar-refractivity contribution in [1.82, 2.24) is 4.90 Å². The smallest absolute Gasteiger partial charge is 0.132 e. The number of hydrogen-bond acceptors (Lipinski definition) is 2. The van der Waals surface area contributed by atoms with Gasteiger partial charge in [0, 0.05) is 34.0 Å². The summed E-state index contributed by atoms with van der Waals surface area (Å²) in [6, 6.07) is 0. The molecule has 0 spiro atoms. The van der Waals surface area contributed by atoms with Crippen molar-refractivity contribution in [3.63, 3.8) is 0 Å². The highest BCUT2D eigenvalue weighted by Gasteiger charge is 2.37. The molecule has 1 aliphatic heterocycles. The molecule has 1 heterocycles. The summed E-state index contributed by atoms with van der Waals surface area (Å²) in [4.78, 5) is 2.48. The molecular formula is C18H31Cl4N2O+. The van der Waals surface area contributed by atoms with Crippen molar-refractivity contribution in [2.45, 2.75) is 66.1 Å². The Labute approximate surface area is 172 Å². The van der Waals surface area contributed by atoms with E-state index in [0.29, 0.717) is 11.8 Å². The van der Waals surface area contributed by atoms with Crippen LogP contribution in [0.5, 0.6) is 0 Å². The SMILES string of the molecule is ClC1CCC(COC(CN2CC[NH2+]C2)C2CCC(Cl)CC2Cl)C(Cl)C1. The van der Waals surface area contributed by atoms with Crippen molar-refractivity contribution in [2.24, 2.45) is 11.8 Å². The molecule has 2 aliphatic carbocycles. The lowest BCUT2D eigenvalue weighted by molar-refractivity contribution is -0.643. The summed E-state index contributed by atoms with van der Waals surface area (Å²) in [5.41, 5.74) is 0. The van der Waals surface area contributed by atoms with Crippen LogP contribution in [0, 0.1) is 11.8 Å². The zero-order chi connectivity index (χ0) is 17.8. The van der Waals surface area contributed by atoms with Crippen molar-refractivity contribution in [3.8, 4) is 0 Å². The van der Waals surface area contributed by atoms with Crippen LogP contribution in [0.4, 0.5) is 0 Å². The van der Waals surface area contributed by atoms with Gasteiger partial charge >= 0.3 is 0 Å². The third kappa shape index (κ3) is 6.01. The lowest BCUT2D eigenvalue weighted by Gasteiger charge is -2.38. The van der Waals surface area contributed by atoms with Crippen molar-refractivity contribution < 1.29 is 10.1 Å². The first-order valence-corrected chi connectivity index (χ1v) is 11.5. The summed E-state index contributed by atoms with van der Waals surface area (Å²) >= 11 is 25.8. The van der Waals surface area contributed by atoms with Gasteiger partial charge in [0.05, 0.1) is 25.8 Å². The van der Waals surface area contributed by atoms with Crippen LogP contribution in [0.15, 0.2) is 0 Å². The second-order valence-corrected chi connectivity index (χ2v) is 10.3. The highest BCUT2D eigenvalue weighted by Crippen LogP contribution is 2.37.